The lowest BCUT2D eigenvalue weighted by Gasteiger charge is -2.30. The highest BCUT2D eigenvalue weighted by molar-refractivity contribution is 5.75. The third-order valence-electron chi connectivity index (χ3n) is 5.96. The Kier molecular flexibility index (Phi) is 5.01. The van der Waals surface area contributed by atoms with Crippen LogP contribution in [0.4, 0.5) is 9.18 Å². The van der Waals surface area contributed by atoms with Gasteiger partial charge in [-0.2, -0.15) is 5.10 Å². The molecule has 0 saturated heterocycles. The fraction of sp³-hybridized carbons (Fsp3) is 0.200. The summed E-state index contributed by atoms with van der Waals surface area (Å²) in [4.78, 5) is 14.9. The first-order valence-electron chi connectivity index (χ1n) is 10.7. The van der Waals surface area contributed by atoms with Crippen molar-refractivity contribution < 1.29 is 9.18 Å². The number of halogens is 1. The van der Waals surface area contributed by atoms with Gasteiger partial charge in [0.2, 0.25) is 0 Å². The highest BCUT2D eigenvalue weighted by Gasteiger charge is 2.35. The number of benzene rings is 2. The molecule has 162 valence electrons. The van der Waals surface area contributed by atoms with E-state index in [-0.39, 0.29) is 17.9 Å². The van der Waals surface area contributed by atoms with Crippen molar-refractivity contribution in [3.8, 4) is 11.5 Å². The van der Waals surface area contributed by atoms with E-state index >= 15 is 0 Å². The fourth-order valence-corrected chi connectivity index (χ4v) is 4.49. The summed E-state index contributed by atoms with van der Waals surface area (Å²) in [6.07, 6.45) is 2.74. The van der Waals surface area contributed by atoms with E-state index in [1.54, 1.807) is 24.1 Å². The van der Waals surface area contributed by atoms with E-state index in [1.165, 1.54) is 12.1 Å². The van der Waals surface area contributed by atoms with E-state index in [0.29, 0.717) is 6.54 Å². The van der Waals surface area contributed by atoms with Crippen LogP contribution in [0.15, 0.2) is 72.9 Å². The van der Waals surface area contributed by atoms with Crippen molar-refractivity contribution >= 4 is 6.03 Å². The molecule has 32 heavy (non-hydrogen) atoms. The zero-order valence-electron chi connectivity index (χ0n) is 18.0. The van der Waals surface area contributed by atoms with Crippen LogP contribution in [0.5, 0.6) is 0 Å². The SMILES string of the molecule is CCc1nn(-c2ccccc2)c2c1CN(C(=O)NC)[C@H](c1ccc(F)cc1)c1cccn1-2. The number of nitrogens with one attached hydrogen (secondary N) is 1. The van der Waals surface area contributed by atoms with Gasteiger partial charge in [-0.05, 0) is 48.4 Å². The summed E-state index contributed by atoms with van der Waals surface area (Å²) in [5.74, 6) is 0.618. The standard InChI is InChI=1S/C25H24FN5O/c1-3-21-20-16-30(25(32)27-2)23(17-11-13-18(26)14-12-17)22-10-7-15-29(22)24(20)31(28-21)19-8-5-4-6-9-19/h4-15,23H,3,16H2,1-2H3,(H,27,32)/t23-/m1/s1. The number of aromatic nitrogens is 3. The normalized spacial score (nSPS) is 15.1. The number of urea groups is 1. The molecule has 0 unspecified atom stereocenters. The van der Waals surface area contributed by atoms with Crippen LogP contribution in [0.1, 0.15) is 35.5 Å². The number of carbonyl (C=O) groups is 1. The van der Waals surface area contributed by atoms with Crippen molar-refractivity contribution in [3.05, 3.63) is 101 Å². The van der Waals surface area contributed by atoms with Gasteiger partial charge < -0.3 is 14.8 Å². The molecule has 0 bridgehead atoms. The molecule has 0 fully saturated rings. The number of hydrogen-bond donors (Lipinski definition) is 1. The molecule has 2 amide bonds. The third-order valence-corrected chi connectivity index (χ3v) is 5.96. The second-order valence-electron chi connectivity index (χ2n) is 7.79. The predicted octanol–water partition coefficient (Wildman–Crippen LogP) is 4.61. The number of carbonyl (C=O) groups excluding carboxylic acids is 1. The molecular weight excluding hydrogens is 405 g/mol. The molecule has 2 aromatic heterocycles. The summed E-state index contributed by atoms with van der Waals surface area (Å²) in [6, 6.07) is 19.7. The molecule has 2 aromatic carbocycles. The lowest BCUT2D eigenvalue weighted by atomic mass is 10.0. The summed E-state index contributed by atoms with van der Waals surface area (Å²) < 4.78 is 17.7. The number of rotatable bonds is 3. The molecule has 0 aliphatic carbocycles. The Bertz CT molecular complexity index is 1260. The van der Waals surface area contributed by atoms with Gasteiger partial charge in [0.15, 0.2) is 0 Å². The maximum atomic E-state index is 13.7. The summed E-state index contributed by atoms with van der Waals surface area (Å²) in [5, 5.41) is 7.70. The van der Waals surface area contributed by atoms with Gasteiger partial charge in [-0.3, -0.25) is 0 Å². The molecule has 0 spiro atoms. The number of para-hydroxylation sites is 1. The monoisotopic (exact) mass is 429 g/mol. The van der Waals surface area contributed by atoms with Gasteiger partial charge in [-0.1, -0.05) is 37.3 Å². The molecule has 7 heteroatoms. The maximum Gasteiger partial charge on any atom is 0.318 e. The molecule has 4 aromatic rings. The van der Waals surface area contributed by atoms with E-state index in [2.05, 4.69) is 16.8 Å². The van der Waals surface area contributed by atoms with Crippen LogP contribution in [0.3, 0.4) is 0 Å². The number of fused-ring (bicyclic) bond motifs is 3. The molecule has 5 rings (SSSR count). The van der Waals surface area contributed by atoms with E-state index in [0.717, 1.165) is 40.4 Å². The van der Waals surface area contributed by atoms with Crippen molar-refractivity contribution in [1.82, 2.24) is 24.6 Å². The number of hydrogen-bond acceptors (Lipinski definition) is 2. The third kappa shape index (κ3) is 3.17. The molecule has 1 atom stereocenters. The van der Waals surface area contributed by atoms with Crippen molar-refractivity contribution in [3.63, 3.8) is 0 Å². The lowest BCUT2D eigenvalue weighted by molar-refractivity contribution is 0.182. The second-order valence-corrected chi connectivity index (χ2v) is 7.79. The minimum Gasteiger partial charge on any atom is -0.341 e. The van der Waals surface area contributed by atoms with Crippen LogP contribution in [0.25, 0.3) is 11.5 Å². The van der Waals surface area contributed by atoms with Gasteiger partial charge in [-0.25, -0.2) is 13.9 Å². The number of amides is 2. The number of nitrogens with zero attached hydrogens (tertiary/aromatic N) is 4. The zero-order valence-corrected chi connectivity index (χ0v) is 18.0. The van der Waals surface area contributed by atoms with Crippen molar-refractivity contribution in [2.75, 3.05) is 7.05 Å². The molecule has 6 nitrogen and oxygen atoms in total. The molecule has 1 aliphatic heterocycles. The van der Waals surface area contributed by atoms with Crippen molar-refractivity contribution in [1.29, 1.82) is 0 Å². The first-order valence-corrected chi connectivity index (χ1v) is 10.7. The van der Waals surface area contributed by atoms with Crippen molar-refractivity contribution in [2.45, 2.75) is 25.9 Å². The Labute approximate surface area is 185 Å². The van der Waals surface area contributed by atoms with Crippen LogP contribution in [0.2, 0.25) is 0 Å². The predicted molar refractivity (Wildman–Crippen MR) is 121 cm³/mol. The van der Waals surface area contributed by atoms with E-state index < -0.39 is 0 Å². The molecule has 1 aliphatic rings. The Morgan fingerprint density at radius 1 is 1.09 bits per heavy atom. The Balaban J connectivity index is 1.78. The second kappa shape index (κ2) is 8.00. The highest BCUT2D eigenvalue weighted by atomic mass is 19.1. The van der Waals surface area contributed by atoms with E-state index in [1.807, 2.05) is 53.3 Å². The fourth-order valence-electron chi connectivity index (χ4n) is 4.49. The Morgan fingerprint density at radius 2 is 1.84 bits per heavy atom. The molecular formula is C25H24FN5O. The molecule has 3 heterocycles. The van der Waals surface area contributed by atoms with Crippen LogP contribution >= 0.6 is 0 Å². The first kappa shape index (κ1) is 20.1. The maximum absolute atomic E-state index is 13.7. The van der Waals surface area contributed by atoms with Crippen molar-refractivity contribution in [2.24, 2.45) is 0 Å². The van der Waals surface area contributed by atoms with Crippen LogP contribution in [-0.4, -0.2) is 32.3 Å². The zero-order chi connectivity index (χ0) is 22.2. The topological polar surface area (TPSA) is 55.1 Å². The number of aryl methyl sites for hydroxylation is 1. The van der Waals surface area contributed by atoms with Gasteiger partial charge in [-0.15, -0.1) is 0 Å². The van der Waals surface area contributed by atoms with Gasteiger partial charge in [0.05, 0.1) is 29.7 Å². The van der Waals surface area contributed by atoms with Gasteiger partial charge in [0.1, 0.15) is 11.6 Å². The molecule has 0 saturated carbocycles. The Hall–Kier alpha value is -3.87. The summed E-state index contributed by atoms with van der Waals surface area (Å²) >= 11 is 0. The average molecular weight is 429 g/mol. The minimum atomic E-state index is -0.383. The van der Waals surface area contributed by atoms with Crippen LogP contribution < -0.4 is 5.32 Å². The summed E-state index contributed by atoms with van der Waals surface area (Å²) in [7, 11) is 1.63. The van der Waals surface area contributed by atoms with E-state index in [9.17, 15) is 9.18 Å². The van der Waals surface area contributed by atoms with Crippen LogP contribution in [-0.2, 0) is 13.0 Å². The minimum absolute atomic E-state index is 0.200. The molecule has 1 N–H and O–H groups in total. The van der Waals surface area contributed by atoms with Crippen LogP contribution in [0, 0.1) is 5.82 Å². The van der Waals surface area contributed by atoms with Gasteiger partial charge in [0.25, 0.3) is 0 Å². The Morgan fingerprint density at radius 3 is 2.53 bits per heavy atom. The summed E-state index contributed by atoms with van der Waals surface area (Å²) in [6.45, 7) is 2.45. The highest BCUT2D eigenvalue weighted by Crippen LogP contribution is 2.38. The lowest BCUT2D eigenvalue weighted by Crippen LogP contribution is -2.40. The smallest absolute Gasteiger partial charge is 0.318 e. The molecule has 0 radical (unpaired) electrons. The largest absolute Gasteiger partial charge is 0.341 e. The summed E-state index contributed by atoms with van der Waals surface area (Å²) in [5.41, 5.74) is 4.66. The first-order chi connectivity index (χ1) is 15.6. The van der Waals surface area contributed by atoms with Gasteiger partial charge >= 0.3 is 6.03 Å². The average Bonchev–Trinajstić information content (AvgIpc) is 3.41. The quantitative estimate of drug-likeness (QED) is 0.517. The van der Waals surface area contributed by atoms with Gasteiger partial charge in [0, 0.05) is 18.8 Å². The van der Waals surface area contributed by atoms with E-state index in [4.69, 9.17) is 5.10 Å².